The second-order valence-corrected chi connectivity index (χ2v) is 7.17. The van der Waals surface area contributed by atoms with Crippen LogP contribution in [0.1, 0.15) is 19.3 Å². The molecule has 2 aromatic rings. The van der Waals surface area contributed by atoms with Crippen molar-refractivity contribution in [3.8, 4) is 0 Å². The normalized spacial score (nSPS) is 22.2. The molecule has 4 rings (SSSR count). The van der Waals surface area contributed by atoms with Crippen LogP contribution in [0.25, 0.3) is 0 Å². The number of hydrazone groups is 1. The van der Waals surface area contributed by atoms with Crippen LogP contribution in [-0.4, -0.2) is 61.7 Å². The average molecular weight is 382 g/mol. The summed E-state index contributed by atoms with van der Waals surface area (Å²) in [5, 5.41) is 23.2. The quantitative estimate of drug-likeness (QED) is 0.834. The lowest BCUT2D eigenvalue weighted by Gasteiger charge is -2.32. The molecule has 2 atom stereocenters. The van der Waals surface area contributed by atoms with Gasteiger partial charge in [-0.25, -0.2) is 4.79 Å². The van der Waals surface area contributed by atoms with Gasteiger partial charge in [-0.1, -0.05) is 23.4 Å². The highest BCUT2D eigenvalue weighted by atomic mass is 16.4. The molecular formula is C19H22N6O3. The Morgan fingerprint density at radius 3 is 2.75 bits per heavy atom. The number of carbonyl (C=O) groups excluding carboxylic acids is 1. The van der Waals surface area contributed by atoms with Gasteiger partial charge in [0.25, 0.3) is 5.91 Å². The number of benzene rings is 1. The lowest BCUT2D eigenvalue weighted by Crippen LogP contribution is -2.44. The Morgan fingerprint density at radius 1 is 1.21 bits per heavy atom. The van der Waals surface area contributed by atoms with Crippen LogP contribution in [0.15, 0.2) is 47.8 Å². The Balaban J connectivity index is 1.48. The highest BCUT2D eigenvalue weighted by Crippen LogP contribution is 2.26. The van der Waals surface area contributed by atoms with Crippen molar-refractivity contribution in [2.24, 2.45) is 11.0 Å². The summed E-state index contributed by atoms with van der Waals surface area (Å²) in [5.41, 5.74) is 0.970. The Labute approximate surface area is 162 Å². The van der Waals surface area contributed by atoms with Crippen LogP contribution < -0.4 is 5.01 Å². The maximum atomic E-state index is 13.0. The summed E-state index contributed by atoms with van der Waals surface area (Å²) >= 11 is 0. The summed E-state index contributed by atoms with van der Waals surface area (Å²) in [6.07, 6.45) is 5.49. The zero-order valence-corrected chi connectivity index (χ0v) is 15.4. The topological polar surface area (TPSA) is 104 Å². The molecule has 2 aliphatic heterocycles. The zero-order chi connectivity index (χ0) is 19.5. The van der Waals surface area contributed by atoms with Crippen LogP contribution in [0.2, 0.25) is 0 Å². The maximum Gasteiger partial charge on any atom is 0.328 e. The first-order chi connectivity index (χ1) is 13.6. The molecule has 1 fully saturated rings. The second kappa shape index (κ2) is 7.79. The second-order valence-electron chi connectivity index (χ2n) is 7.17. The molecule has 1 aromatic heterocycles. The smallest absolute Gasteiger partial charge is 0.328 e. The minimum absolute atomic E-state index is 0.104. The molecule has 28 heavy (non-hydrogen) atoms. The first-order valence-corrected chi connectivity index (χ1v) is 9.40. The van der Waals surface area contributed by atoms with Gasteiger partial charge in [0.1, 0.15) is 5.71 Å². The van der Waals surface area contributed by atoms with Gasteiger partial charge in [0.2, 0.25) is 0 Å². The molecule has 1 N–H and O–H groups in total. The van der Waals surface area contributed by atoms with Crippen molar-refractivity contribution < 1.29 is 14.7 Å². The summed E-state index contributed by atoms with van der Waals surface area (Å²) in [7, 11) is 0. The monoisotopic (exact) mass is 382 g/mol. The Morgan fingerprint density at radius 2 is 2.04 bits per heavy atom. The molecule has 1 amide bonds. The highest BCUT2D eigenvalue weighted by molar-refractivity contribution is 6.40. The van der Waals surface area contributed by atoms with E-state index in [0.717, 1.165) is 12.8 Å². The van der Waals surface area contributed by atoms with E-state index in [-0.39, 0.29) is 12.3 Å². The van der Waals surface area contributed by atoms with Gasteiger partial charge in [0, 0.05) is 32.3 Å². The Kier molecular flexibility index (Phi) is 5.05. The minimum Gasteiger partial charge on any atom is -0.480 e. The van der Waals surface area contributed by atoms with Crippen molar-refractivity contribution in [2.75, 3.05) is 18.1 Å². The number of likely N-dealkylation sites (tertiary alicyclic amines) is 1. The SMILES string of the molecule is O=C(O)C1CC(C(=O)N2CCCC(Cn3ccnn3)C2)=NN1c1ccccc1. The zero-order valence-electron chi connectivity index (χ0n) is 15.4. The van der Waals surface area contributed by atoms with Crippen LogP contribution in [0.4, 0.5) is 5.69 Å². The molecule has 0 saturated carbocycles. The van der Waals surface area contributed by atoms with E-state index in [2.05, 4.69) is 15.4 Å². The first kappa shape index (κ1) is 18.1. The number of rotatable bonds is 5. The minimum atomic E-state index is -0.988. The number of amides is 1. The fraction of sp³-hybridized carbons (Fsp3) is 0.421. The van der Waals surface area contributed by atoms with Crippen LogP contribution in [0.3, 0.4) is 0 Å². The van der Waals surface area contributed by atoms with Crippen molar-refractivity contribution in [1.82, 2.24) is 19.9 Å². The number of carbonyl (C=O) groups is 2. The molecule has 0 radical (unpaired) electrons. The molecule has 9 heteroatoms. The predicted molar refractivity (Wildman–Crippen MR) is 102 cm³/mol. The molecule has 146 valence electrons. The number of hydrogen-bond donors (Lipinski definition) is 1. The van der Waals surface area contributed by atoms with Gasteiger partial charge < -0.3 is 10.0 Å². The molecule has 0 spiro atoms. The molecular weight excluding hydrogens is 360 g/mol. The summed E-state index contributed by atoms with van der Waals surface area (Å²) in [5.74, 6) is -0.868. The third-order valence-electron chi connectivity index (χ3n) is 5.19. The molecule has 9 nitrogen and oxygen atoms in total. The molecule has 1 saturated heterocycles. The fourth-order valence-electron chi connectivity index (χ4n) is 3.83. The van der Waals surface area contributed by atoms with Gasteiger partial charge in [-0.05, 0) is 30.9 Å². The van der Waals surface area contributed by atoms with E-state index in [0.29, 0.717) is 37.0 Å². The van der Waals surface area contributed by atoms with Gasteiger partial charge in [-0.3, -0.25) is 14.5 Å². The van der Waals surface area contributed by atoms with Crippen molar-refractivity contribution in [3.63, 3.8) is 0 Å². The van der Waals surface area contributed by atoms with Crippen molar-refractivity contribution in [2.45, 2.75) is 31.8 Å². The third kappa shape index (κ3) is 3.73. The predicted octanol–water partition coefficient (Wildman–Crippen LogP) is 1.24. The van der Waals surface area contributed by atoms with Crippen LogP contribution in [-0.2, 0) is 16.1 Å². The lowest BCUT2D eigenvalue weighted by molar-refractivity contribution is -0.138. The Hall–Kier alpha value is -3.23. The van der Waals surface area contributed by atoms with Gasteiger partial charge in [-0.15, -0.1) is 5.10 Å². The van der Waals surface area contributed by atoms with Crippen molar-refractivity contribution in [1.29, 1.82) is 0 Å². The molecule has 0 bridgehead atoms. The van der Waals surface area contributed by atoms with E-state index in [4.69, 9.17) is 0 Å². The van der Waals surface area contributed by atoms with E-state index in [1.807, 2.05) is 24.4 Å². The summed E-state index contributed by atoms with van der Waals surface area (Å²) in [6.45, 7) is 1.99. The van der Waals surface area contributed by atoms with Crippen molar-refractivity contribution >= 4 is 23.3 Å². The summed E-state index contributed by atoms with van der Waals surface area (Å²) in [4.78, 5) is 26.5. The number of nitrogens with zero attached hydrogens (tertiary/aromatic N) is 6. The number of carboxylic acid groups (broad SMARTS) is 1. The van der Waals surface area contributed by atoms with E-state index >= 15 is 0 Å². The summed E-state index contributed by atoms with van der Waals surface area (Å²) < 4.78 is 1.78. The number of piperidine rings is 1. The van der Waals surface area contributed by atoms with E-state index < -0.39 is 12.0 Å². The number of aromatic nitrogens is 3. The maximum absolute atomic E-state index is 13.0. The van der Waals surface area contributed by atoms with Crippen LogP contribution in [0.5, 0.6) is 0 Å². The van der Waals surface area contributed by atoms with Gasteiger partial charge in [0.15, 0.2) is 6.04 Å². The fourth-order valence-corrected chi connectivity index (χ4v) is 3.83. The summed E-state index contributed by atoms with van der Waals surface area (Å²) in [6, 6.07) is 8.22. The van der Waals surface area contributed by atoms with Gasteiger partial charge in [-0.2, -0.15) is 5.10 Å². The highest BCUT2D eigenvalue weighted by Gasteiger charge is 2.38. The molecule has 3 heterocycles. The number of anilines is 1. The van der Waals surface area contributed by atoms with E-state index in [1.165, 1.54) is 5.01 Å². The number of hydrogen-bond acceptors (Lipinski definition) is 6. The van der Waals surface area contributed by atoms with Crippen LogP contribution >= 0.6 is 0 Å². The molecule has 0 aliphatic carbocycles. The lowest BCUT2D eigenvalue weighted by atomic mass is 9.97. The van der Waals surface area contributed by atoms with Crippen molar-refractivity contribution in [3.05, 3.63) is 42.7 Å². The number of aliphatic carboxylic acids is 1. The Bertz CT molecular complexity index is 867. The van der Waals surface area contributed by atoms with Crippen LogP contribution in [0, 0.1) is 5.92 Å². The number of carboxylic acids is 1. The molecule has 2 unspecified atom stereocenters. The first-order valence-electron chi connectivity index (χ1n) is 9.40. The molecule has 1 aromatic carbocycles. The van der Waals surface area contributed by atoms with E-state index in [1.54, 1.807) is 27.9 Å². The third-order valence-corrected chi connectivity index (χ3v) is 5.19. The standard InChI is InChI=1S/C19H22N6O3/c26-18(23-9-4-5-14(12-23)13-24-10-8-20-22-24)16-11-17(19(27)28)25(21-16)15-6-2-1-3-7-15/h1-3,6-8,10,14,17H,4-5,9,11-13H2,(H,27,28). The van der Waals surface area contributed by atoms with Gasteiger partial charge >= 0.3 is 5.97 Å². The average Bonchev–Trinajstić information content (AvgIpc) is 3.38. The largest absolute Gasteiger partial charge is 0.480 e. The van der Waals surface area contributed by atoms with Gasteiger partial charge in [0.05, 0.1) is 11.9 Å². The van der Waals surface area contributed by atoms with E-state index in [9.17, 15) is 14.7 Å². The molecule has 2 aliphatic rings. The number of para-hydroxylation sites is 1.